The lowest BCUT2D eigenvalue weighted by Crippen LogP contribution is -2.13. The summed E-state index contributed by atoms with van der Waals surface area (Å²) in [5, 5.41) is 11.7. The van der Waals surface area contributed by atoms with Gasteiger partial charge in [-0.3, -0.25) is 10.1 Å². The van der Waals surface area contributed by atoms with Crippen molar-refractivity contribution in [2.45, 2.75) is 5.92 Å². The standard InChI is InChI=1S/C16H12BrFN2O2/c17-11-3-1-10(2-4-11)15(9-20(21)22)14-8-19-16-6-5-12(18)7-13(14)16/h1-8,15,19H,9H2/t15-/m1/s1. The normalized spacial score (nSPS) is 12.5. The van der Waals surface area contributed by atoms with Crippen LogP contribution in [-0.4, -0.2) is 16.5 Å². The topological polar surface area (TPSA) is 58.9 Å². The van der Waals surface area contributed by atoms with Crippen molar-refractivity contribution in [3.8, 4) is 0 Å². The molecule has 1 N–H and O–H groups in total. The smallest absolute Gasteiger partial charge is 0.214 e. The van der Waals surface area contributed by atoms with Crippen LogP contribution in [0.4, 0.5) is 4.39 Å². The number of aromatic amines is 1. The molecule has 0 fully saturated rings. The molecule has 3 rings (SSSR count). The summed E-state index contributed by atoms with van der Waals surface area (Å²) in [6, 6.07) is 11.8. The summed E-state index contributed by atoms with van der Waals surface area (Å²) in [4.78, 5) is 13.8. The second kappa shape index (κ2) is 5.88. The highest BCUT2D eigenvalue weighted by molar-refractivity contribution is 9.10. The molecule has 2 aromatic carbocycles. The van der Waals surface area contributed by atoms with Gasteiger partial charge in [0.25, 0.3) is 0 Å². The van der Waals surface area contributed by atoms with E-state index in [0.29, 0.717) is 5.39 Å². The molecule has 6 heteroatoms. The first kappa shape index (κ1) is 14.7. The Bertz CT molecular complexity index is 830. The van der Waals surface area contributed by atoms with Crippen LogP contribution in [0.5, 0.6) is 0 Å². The Labute approximate surface area is 134 Å². The zero-order valence-corrected chi connectivity index (χ0v) is 13.0. The molecule has 0 radical (unpaired) electrons. The number of nitrogens with one attached hydrogen (secondary N) is 1. The summed E-state index contributed by atoms with van der Waals surface area (Å²) in [6.45, 7) is -0.245. The van der Waals surface area contributed by atoms with Crippen LogP contribution in [-0.2, 0) is 0 Å². The average Bonchev–Trinajstić information content (AvgIpc) is 2.88. The van der Waals surface area contributed by atoms with Crippen molar-refractivity contribution in [2.24, 2.45) is 0 Å². The number of H-pyrrole nitrogens is 1. The van der Waals surface area contributed by atoms with E-state index in [2.05, 4.69) is 20.9 Å². The molecule has 0 aliphatic rings. The van der Waals surface area contributed by atoms with Crippen molar-refractivity contribution < 1.29 is 9.31 Å². The molecule has 1 heterocycles. The second-order valence-corrected chi connectivity index (χ2v) is 5.97. The van der Waals surface area contributed by atoms with Crippen LogP contribution in [0, 0.1) is 15.9 Å². The lowest BCUT2D eigenvalue weighted by molar-refractivity contribution is -0.481. The largest absolute Gasteiger partial charge is 0.361 e. The average molecular weight is 363 g/mol. The molecule has 0 bridgehead atoms. The van der Waals surface area contributed by atoms with Crippen molar-refractivity contribution >= 4 is 26.8 Å². The summed E-state index contributed by atoms with van der Waals surface area (Å²) < 4.78 is 14.4. The molecule has 3 aromatic rings. The first-order chi connectivity index (χ1) is 10.5. The van der Waals surface area contributed by atoms with Crippen LogP contribution in [0.3, 0.4) is 0 Å². The number of hydrogen-bond acceptors (Lipinski definition) is 2. The number of aromatic nitrogens is 1. The van der Waals surface area contributed by atoms with E-state index in [-0.39, 0.29) is 17.3 Å². The molecule has 0 aliphatic heterocycles. The van der Waals surface area contributed by atoms with Gasteiger partial charge in [-0.1, -0.05) is 28.1 Å². The van der Waals surface area contributed by atoms with Crippen LogP contribution in [0.2, 0.25) is 0 Å². The molecule has 1 atom stereocenters. The Morgan fingerprint density at radius 1 is 1.23 bits per heavy atom. The molecular formula is C16H12BrFN2O2. The Morgan fingerprint density at radius 2 is 1.95 bits per heavy atom. The molecule has 22 heavy (non-hydrogen) atoms. The lowest BCUT2D eigenvalue weighted by Gasteiger charge is -2.13. The van der Waals surface area contributed by atoms with Gasteiger partial charge in [-0.05, 0) is 41.5 Å². The number of halogens is 2. The summed E-state index contributed by atoms with van der Waals surface area (Å²) in [5.41, 5.74) is 2.32. The second-order valence-electron chi connectivity index (χ2n) is 5.05. The zero-order chi connectivity index (χ0) is 15.7. The molecule has 0 unspecified atom stereocenters. The highest BCUT2D eigenvalue weighted by Crippen LogP contribution is 2.32. The Hall–Kier alpha value is -2.21. The predicted octanol–water partition coefficient (Wildman–Crippen LogP) is 4.48. The molecule has 0 spiro atoms. The summed E-state index contributed by atoms with van der Waals surface area (Å²) in [5.74, 6) is -0.789. The first-order valence-electron chi connectivity index (χ1n) is 6.68. The van der Waals surface area contributed by atoms with Crippen molar-refractivity contribution in [2.75, 3.05) is 6.54 Å². The summed E-state index contributed by atoms with van der Waals surface area (Å²) >= 11 is 3.35. The van der Waals surface area contributed by atoms with E-state index in [4.69, 9.17) is 0 Å². The Balaban J connectivity index is 2.13. The van der Waals surface area contributed by atoms with E-state index >= 15 is 0 Å². The van der Waals surface area contributed by atoms with Crippen LogP contribution >= 0.6 is 15.9 Å². The number of rotatable bonds is 4. The monoisotopic (exact) mass is 362 g/mol. The third kappa shape index (κ3) is 2.87. The van der Waals surface area contributed by atoms with Gasteiger partial charge in [-0.2, -0.15) is 0 Å². The lowest BCUT2D eigenvalue weighted by atomic mass is 9.91. The number of nitro groups is 1. The van der Waals surface area contributed by atoms with Gasteiger partial charge in [0.2, 0.25) is 6.54 Å². The minimum atomic E-state index is -0.432. The van der Waals surface area contributed by atoms with Gasteiger partial charge < -0.3 is 4.98 Å². The van der Waals surface area contributed by atoms with E-state index in [0.717, 1.165) is 21.1 Å². The van der Waals surface area contributed by atoms with E-state index in [1.165, 1.54) is 12.1 Å². The fourth-order valence-corrected chi connectivity index (χ4v) is 2.89. The molecule has 0 aliphatic carbocycles. The van der Waals surface area contributed by atoms with E-state index in [9.17, 15) is 14.5 Å². The van der Waals surface area contributed by atoms with E-state index < -0.39 is 5.92 Å². The fraction of sp³-hybridized carbons (Fsp3) is 0.125. The SMILES string of the molecule is O=[N+]([O-])C[C@H](c1ccc(Br)cc1)c1c[nH]c2ccc(F)cc12. The summed E-state index contributed by atoms with van der Waals surface area (Å²) in [6.07, 6.45) is 1.72. The highest BCUT2D eigenvalue weighted by Gasteiger charge is 2.23. The van der Waals surface area contributed by atoms with Crippen LogP contribution in [0.15, 0.2) is 53.1 Å². The van der Waals surface area contributed by atoms with Gasteiger partial charge in [0.1, 0.15) is 5.82 Å². The van der Waals surface area contributed by atoms with Crippen molar-refractivity contribution in [1.29, 1.82) is 0 Å². The first-order valence-corrected chi connectivity index (χ1v) is 7.47. The molecule has 112 valence electrons. The van der Waals surface area contributed by atoms with Gasteiger partial charge >= 0.3 is 0 Å². The molecular weight excluding hydrogens is 351 g/mol. The van der Waals surface area contributed by atoms with E-state index in [1.807, 2.05) is 24.3 Å². The third-order valence-corrected chi connectivity index (χ3v) is 4.18. The maximum Gasteiger partial charge on any atom is 0.214 e. The van der Waals surface area contributed by atoms with Crippen molar-refractivity contribution in [1.82, 2.24) is 4.98 Å². The Morgan fingerprint density at radius 3 is 2.64 bits per heavy atom. The van der Waals surface area contributed by atoms with Gasteiger partial charge in [-0.25, -0.2) is 4.39 Å². The number of hydrogen-bond donors (Lipinski definition) is 1. The van der Waals surface area contributed by atoms with Crippen LogP contribution in [0.25, 0.3) is 10.9 Å². The zero-order valence-electron chi connectivity index (χ0n) is 11.4. The number of benzene rings is 2. The maximum absolute atomic E-state index is 13.5. The quantitative estimate of drug-likeness (QED) is 0.549. The molecule has 0 saturated carbocycles. The van der Waals surface area contributed by atoms with E-state index in [1.54, 1.807) is 12.3 Å². The molecule has 1 aromatic heterocycles. The van der Waals surface area contributed by atoms with Gasteiger partial charge in [0, 0.05) is 26.5 Å². The minimum Gasteiger partial charge on any atom is -0.361 e. The maximum atomic E-state index is 13.5. The van der Waals surface area contributed by atoms with Gasteiger partial charge in [-0.15, -0.1) is 0 Å². The van der Waals surface area contributed by atoms with Gasteiger partial charge in [0.05, 0.1) is 5.92 Å². The number of fused-ring (bicyclic) bond motifs is 1. The van der Waals surface area contributed by atoms with Crippen LogP contribution < -0.4 is 0 Å². The van der Waals surface area contributed by atoms with Gasteiger partial charge in [0.15, 0.2) is 0 Å². The molecule has 4 nitrogen and oxygen atoms in total. The van der Waals surface area contributed by atoms with Crippen molar-refractivity contribution in [3.63, 3.8) is 0 Å². The number of nitrogens with zero attached hydrogens (tertiary/aromatic N) is 1. The minimum absolute atomic E-state index is 0.245. The molecule has 0 saturated heterocycles. The fourth-order valence-electron chi connectivity index (χ4n) is 2.63. The third-order valence-electron chi connectivity index (χ3n) is 3.66. The van der Waals surface area contributed by atoms with Crippen molar-refractivity contribution in [3.05, 3.63) is 80.2 Å². The predicted molar refractivity (Wildman–Crippen MR) is 86.1 cm³/mol. The Kier molecular flexibility index (Phi) is 3.94. The highest BCUT2D eigenvalue weighted by atomic mass is 79.9. The summed E-state index contributed by atoms with van der Waals surface area (Å²) in [7, 11) is 0. The molecule has 0 amide bonds. The van der Waals surface area contributed by atoms with Crippen LogP contribution in [0.1, 0.15) is 17.0 Å².